The smallest absolute Gasteiger partial charge is 0.222 e. The predicted octanol–water partition coefficient (Wildman–Crippen LogP) is 1.32. The summed E-state index contributed by atoms with van der Waals surface area (Å²) >= 11 is 0. The predicted molar refractivity (Wildman–Crippen MR) is 74.2 cm³/mol. The third kappa shape index (κ3) is 9.25. The lowest BCUT2D eigenvalue weighted by Crippen LogP contribution is -2.11. The van der Waals surface area contributed by atoms with Gasteiger partial charge in [-0.2, -0.15) is 0 Å². The molecular formula is C12H24BN3. The van der Waals surface area contributed by atoms with E-state index in [1.165, 1.54) is 0 Å². The molecule has 0 aromatic rings. The summed E-state index contributed by atoms with van der Waals surface area (Å²) in [6.07, 6.45) is 6.22. The first-order chi connectivity index (χ1) is 7.41. The van der Waals surface area contributed by atoms with Gasteiger partial charge in [-0.15, -0.1) is 0 Å². The molecule has 0 aliphatic heterocycles. The van der Waals surface area contributed by atoms with E-state index in [-0.39, 0.29) is 0 Å². The Balaban J connectivity index is 4.51. The Morgan fingerprint density at radius 2 is 0.812 bits per heavy atom. The maximum Gasteiger partial charge on any atom is 0.222 e. The van der Waals surface area contributed by atoms with E-state index in [1.807, 2.05) is 57.0 Å². The Morgan fingerprint density at radius 1 is 0.562 bits per heavy atom. The van der Waals surface area contributed by atoms with Crippen molar-refractivity contribution in [3.63, 3.8) is 0 Å². The fourth-order valence-corrected chi connectivity index (χ4v) is 1.01. The van der Waals surface area contributed by atoms with Crippen LogP contribution in [0.3, 0.4) is 0 Å². The first-order valence-corrected chi connectivity index (χ1v) is 5.46. The van der Waals surface area contributed by atoms with Gasteiger partial charge in [0.2, 0.25) is 6.71 Å². The van der Waals surface area contributed by atoms with Crippen molar-refractivity contribution in [3.05, 3.63) is 36.5 Å². The SMILES string of the molecule is CN(C)/C=C/B(/C=C/N(C)C)/C=C/N(C)C. The van der Waals surface area contributed by atoms with E-state index in [4.69, 9.17) is 0 Å². The van der Waals surface area contributed by atoms with E-state index < -0.39 is 0 Å². The molecule has 0 atom stereocenters. The van der Waals surface area contributed by atoms with Crippen LogP contribution in [0.25, 0.3) is 0 Å². The average Bonchev–Trinajstić information content (AvgIpc) is 2.15. The van der Waals surface area contributed by atoms with Crippen LogP contribution in [0.2, 0.25) is 0 Å². The van der Waals surface area contributed by atoms with E-state index in [2.05, 4.69) is 36.5 Å². The topological polar surface area (TPSA) is 9.72 Å². The molecule has 0 saturated carbocycles. The van der Waals surface area contributed by atoms with Gasteiger partial charge < -0.3 is 14.7 Å². The fraction of sp³-hybridized carbons (Fsp3) is 0.500. The number of hydrogen-bond donors (Lipinski definition) is 0. The summed E-state index contributed by atoms with van der Waals surface area (Å²) in [6.45, 7) is 0.326. The Labute approximate surface area is 101 Å². The van der Waals surface area contributed by atoms with E-state index in [9.17, 15) is 0 Å². The van der Waals surface area contributed by atoms with Crippen LogP contribution in [-0.2, 0) is 0 Å². The lowest BCUT2D eigenvalue weighted by Gasteiger charge is -2.08. The van der Waals surface area contributed by atoms with E-state index in [1.54, 1.807) is 0 Å². The summed E-state index contributed by atoms with van der Waals surface area (Å²) in [4.78, 5) is 6.12. The molecule has 0 saturated heterocycles. The number of nitrogens with zero attached hydrogens (tertiary/aromatic N) is 3. The van der Waals surface area contributed by atoms with Crippen molar-refractivity contribution >= 4 is 6.71 Å². The molecule has 0 rings (SSSR count). The van der Waals surface area contributed by atoms with Gasteiger partial charge in [0, 0.05) is 42.3 Å². The minimum absolute atomic E-state index is 0.326. The highest BCUT2D eigenvalue weighted by Gasteiger charge is 2.00. The van der Waals surface area contributed by atoms with Crippen molar-refractivity contribution in [1.29, 1.82) is 0 Å². The normalized spacial score (nSPS) is 11.6. The van der Waals surface area contributed by atoms with Crippen molar-refractivity contribution in [2.75, 3.05) is 42.3 Å². The van der Waals surface area contributed by atoms with Crippen LogP contribution in [0.5, 0.6) is 0 Å². The molecule has 0 bridgehead atoms. The highest BCUT2D eigenvalue weighted by molar-refractivity contribution is 6.74. The van der Waals surface area contributed by atoms with Crippen molar-refractivity contribution in [3.8, 4) is 0 Å². The Bertz CT molecular complexity index is 212. The molecule has 0 radical (unpaired) electrons. The molecule has 0 heterocycles. The minimum Gasteiger partial charge on any atom is -0.384 e. The monoisotopic (exact) mass is 221 g/mol. The molecule has 16 heavy (non-hydrogen) atoms. The van der Waals surface area contributed by atoms with Crippen LogP contribution in [0, 0.1) is 0 Å². The zero-order chi connectivity index (χ0) is 12.6. The number of hydrogen-bond acceptors (Lipinski definition) is 3. The highest BCUT2D eigenvalue weighted by atomic mass is 15.0. The molecule has 0 aromatic heterocycles. The van der Waals surface area contributed by atoms with Crippen molar-refractivity contribution in [2.24, 2.45) is 0 Å². The van der Waals surface area contributed by atoms with Crippen molar-refractivity contribution in [1.82, 2.24) is 14.7 Å². The average molecular weight is 221 g/mol. The third-order valence-corrected chi connectivity index (χ3v) is 1.82. The molecule has 3 nitrogen and oxygen atoms in total. The largest absolute Gasteiger partial charge is 0.384 e. The van der Waals surface area contributed by atoms with Crippen LogP contribution in [0.4, 0.5) is 0 Å². The zero-order valence-electron chi connectivity index (χ0n) is 11.4. The fourth-order valence-electron chi connectivity index (χ4n) is 1.01. The molecule has 0 fully saturated rings. The molecule has 0 unspecified atom stereocenters. The summed E-state index contributed by atoms with van der Waals surface area (Å²) in [5, 5.41) is 0. The summed E-state index contributed by atoms with van der Waals surface area (Å²) in [5.41, 5.74) is 0. The van der Waals surface area contributed by atoms with Gasteiger partial charge >= 0.3 is 0 Å². The van der Waals surface area contributed by atoms with Crippen LogP contribution < -0.4 is 0 Å². The van der Waals surface area contributed by atoms with Crippen molar-refractivity contribution < 1.29 is 0 Å². The number of rotatable bonds is 6. The maximum absolute atomic E-state index is 2.17. The Morgan fingerprint density at radius 3 is 1.00 bits per heavy atom. The van der Waals surface area contributed by atoms with Gasteiger partial charge in [-0.05, 0) is 18.6 Å². The first kappa shape index (κ1) is 14.7. The van der Waals surface area contributed by atoms with Gasteiger partial charge in [0.15, 0.2) is 0 Å². The van der Waals surface area contributed by atoms with Crippen LogP contribution >= 0.6 is 0 Å². The van der Waals surface area contributed by atoms with Gasteiger partial charge in [0.1, 0.15) is 0 Å². The molecular weight excluding hydrogens is 197 g/mol. The molecule has 90 valence electrons. The molecule has 0 aliphatic rings. The standard InChI is InChI=1S/C12H24BN3/c1-14(2)10-7-13(8-11-15(3)4)9-12-16(5)6/h7-12H,1-6H3/b10-7+,11-8+,12-9+. The molecule has 4 heteroatoms. The highest BCUT2D eigenvalue weighted by Crippen LogP contribution is 1.95. The molecule has 0 aliphatic carbocycles. The lowest BCUT2D eigenvalue weighted by atomic mass is 9.50. The Kier molecular flexibility index (Phi) is 7.26. The van der Waals surface area contributed by atoms with E-state index >= 15 is 0 Å². The minimum atomic E-state index is 0.326. The summed E-state index contributed by atoms with van der Waals surface area (Å²) in [5.74, 6) is 6.50. The van der Waals surface area contributed by atoms with Gasteiger partial charge in [-0.3, -0.25) is 0 Å². The molecule has 0 aromatic carbocycles. The zero-order valence-corrected chi connectivity index (χ0v) is 11.4. The van der Waals surface area contributed by atoms with Gasteiger partial charge in [-0.1, -0.05) is 17.9 Å². The molecule has 0 N–H and O–H groups in total. The van der Waals surface area contributed by atoms with Gasteiger partial charge in [-0.25, -0.2) is 0 Å². The van der Waals surface area contributed by atoms with Crippen LogP contribution in [-0.4, -0.2) is 63.7 Å². The second kappa shape index (κ2) is 7.91. The summed E-state index contributed by atoms with van der Waals surface area (Å²) in [6, 6.07) is 0. The maximum atomic E-state index is 2.17. The van der Waals surface area contributed by atoms with Crippen LogP contribution in [0.15, 0.2) is 36.5 Å². The Hall–Kier alpha value is -1.32. The van der Waals surface area contributed by atoms with Crippen molar-refractivity contribution in [2.45, 2.75) is 0 Å². The molecule has 0 spiro atoms. The summed E-state index contributed by atoms with van der Waals surface area (Å²) < 4.78 is 0. The van der Waals surface area contributed by atoms with Gasteiger partial charge in [0.05, 0.1) is 0 Å². The lowest BCUT2D eigenvalue weighted by molar-refractivity contribution is 0.562. The van der Waals surface area contributed by atoms with Gasteiger partial charge in [0.25, 0.3) is 0 Å². The second-order valence-corrected chi connectivity index (χ2v) is 4.49. The molecule has 0 amide bonds. The quantitative estimate of drug-likeness (QED) is 0.626. The second-order valence-electron chi connectivity index (χ2n) is 4.49. The first-order valence-electron chi connectivity index (χ1n) is 5.46. The summed E-state index contributed by atoms with van der Waals surface area (Å²) in [7, 11) is 12.2. The van der Waals surface area contributed by atoms with E-state index in [0.29, 0.717) is 6.71 Å². The van der Waals surface area contributed by atoms with Crippen LogP contribution in [0.1, 0.15) is 0 Å². The third-order valence-electron chi connectivity index (χ3n) is 1.82. The van der Waals surface area contributed by atoms with E-state index in [0.717, 1.165) is 0 Å².